The van der Waals surface area contributed by atoms with E-state index in [4.69, 9.17) is 14.5 Å². The first kappa shape index (κ1) is 26.1. The van der Waals surface area contributed by atoms with E-state index in [1.165, 1.54) is 0 Å². The summed E-state index contributed by atoms with van der Waals surface area (Å²) in [5, 5.41) is 16.6. The molecule has 1 aliphatic rings. The molecule has 1 aromatic rings. The summed E-state index contributed by atoms with van der Waals surface area (Å²) in [6, 6.07) is 9.96. The molecule has 1 aliphatic heterocycles. The SMILES string of the molecule is CCNC(=NCC(C)(C)N1CCOCC1)NCC(O)COCc1ccccc1.I. The monoisotopic (exact) mass is 520 g/mol. The van der Waals surface area contributed by atoms with Gasteiger partial charge in [-0.05, 0) is 26.3 Å². The van der Waals surface area contributed by atoms with Crippen molar-refractivity contribution < 1.29 is 14.6 Å². The lowest BCUT2D eigenvalue weighted by atomic mass is 10.0. The van der Waals surface area contributed by atoms with Gasteiger partial charge in [-0.1, -0.05) is 30.3 Å². The number of hydrogen-bond acceptors (Lipinski definition) is 5. The van der Waals surface area contributed by atoms with Gasteiger partial charge in [-0.2, -0.15) is 0 Å². The number of nitrogens with one attached hydrogen (secondary N) is 2. The van der Waals surface area contributed by atoms with Gasteiger partial charge < -0.3 is 25.2 Å². The average molecular weight is 520 g/mol. The third-order valence-electron chi connectivity index (χ3n) is 4.76. The van der Waals surface area contributed by atoms with Gasteiger partial charge in [0.1, 0.15) is 0 Å². The lowest BCUT2D eigenvalue weighted by molar-refractivity contribution is -0.00685. The molecular formula is C21H37IN4O3. The summed E-state index contributed by atoms with van der Waals surface area (Å²) in [4.78, 5) is 7.13. The van der Waals surface area contributed by atoms with Gasteiger partial charge in [0.15, 0.2) is 5.96 Å². The van der Waals surface area contributed by atoms with Crippen molar-refractivity contribution in [3.05, 3.63) is 35.9 Å². The Morgan fingerprint density at radius 3 is 2.59 bits per heavy atom. The van der Waals surface area contributed by atoms with Crippen LogP contribution in [0.4, 0.5) is 0 Å². The number of hydrogen-bond donors (Lipinski definition) is 3. The van der Waals surface area contributed by atoms with Gasteiger partial charge in [-0.25, -0.2) is 0 Å². The number of aliphatic imine (C=N–C) groups is 1. The average Bonchev–Trinajstić information content (AvgIpc) is 2.71. The highest BCUT2D eigenvalue weighted by Gasteiger charge is 2.28. The van der Waals surface area contributed by atoms with Crippen LogP contribution in [0.5, 0.6) is 0 Å². The first-order valence-electron chi connectivity index (χ1n) is 10.2. The van der Waals surface area contributed by atoms with Crippen LogP contribution in [0.2, 0.25) is 0 Å². The van der Waals surface area contributed by atoms with E-state index in [9.17, 15) is 5.11 Å². The standard InChI is InChI=1S/C21H36N4O3.HI/c1-4-22-20(24-17-21(2,3)25-10-12-27-13-11-25)23-14-19(26)16-28-15-18-8-6-5-7-9-18;/h5-9,19,26H,4,10-17H2,1-3H3,(H2,22,23,24);1H. The summed E-state index contributed by atoms with van der Waals surface area (Å²) in [6.07, 6.45) is -0.597. The smallest absolute Gasteiger partial charge is 0.191 e. The van der Waals surface area contributed by atoms with E-state index in [1.54, 1.807) is 0 Å². The molecule has 0 bridgehead atoms. The number of aliphatic hydroxyl groups is 1. The van der Waals surface area contributed by atoms with Crippen molar-refractivity contribution in [3.8, 4) is 0 Å². The summed E-state index contributed by atoms with van der Waals surface area (Å²) in [7, 11) is 0. The second-order valence-electron chi connectivity index (χ2n) is 7.64. The van der Waals surface area contributed by atoms with Crippen LogP contribution in [-0.2, 0) is 16.1 Å². The summed E-state index contributed by atoms with van der Waals surface area (Å²) in [5.74, 6) is 0.714. The molecule has 0 amide bonds. The van der Waals surface area contributed by atoms with Crippen LogP contribution in [-0.4, -0.2) is 80.2 Å². The largest absolute Gasteiger partial charge is 0.389 e. The van der Waals surface area contributed by atoms with Crippen molar-refractivity contribution >= 4 is 29.9 Å². The minimum absolute atomic E-state index is 0. The van der Waals surface area contributed by atoms with Crippen LogP contribution < -0.4 is 10.6 Å². The van der Waals surface area contributed by atoms with Crippen molar-refractivity contribution in [2.45, 2.75) is 39.0 Å². The van der Waals surface area contributed by atoms with Crippen molar-refractivity contribution in [1.29, 1.82) is 0 Å². The van der Waals surface area contributed by atoms with Crippen LogP contribution in [0.15, 0.2) is 35.3 Å². The zero-order valence-corrected chi connectivity index (χ0v) is 20.2. The molecule has 1 heterocycles. The minimum atomic E-state index is -0.597. The Hall–Kier alpha value is -0.940. The molecule has 0 aromatic heterocycles. The van der Waals surface area contributed by atoms with E-state index < -0.39 is 6.10 Å². The van der Waals surface area contributed by atoms with E-state index in [0.717, 1.165) is 38.4 Å². The van der Waals surface area contributed by atoms with E-state index in [2.05, 4.69) is 29.4 Å². The zero-order valence-electron chi connectivity index (χ0n) is 17.9. The maximum atomic E-state index is 10.2. The Balaban J connectivity index is 0.00000420. The Bertz CT molecular complexity index is 581. The van der Waals surface area contributed by atoms with Gasteiger partial charge in [-0.15, -0.1) is 24.0 Å². The van der Waals surface area contributed by atoms with Gasteiger partial charge >= 0.3 is 0 Å². The lowest BCUT2D eigenvalue weighted by Crippen LogP contribution is -2.52. The molecule has 0 spiro atoms. The molecule has 0 radical (unpaired) electrons. The van der Waals surface area contributed by atoms with E-state index in [1.807, 2.05) is 37.3 Å². The fourth-order valence-electron chi connectivity index (χ4n) is 3.04. The number of guanidine groups is 1. The number of halogens is 1. The third kappa shape index (κ3) is 10.1. The maximum absolute atomic E-state index is 10.2. The Labute approximate surface area is 192 Å². The van der Waals surface area contributed by atoms with E-state index in [0.29, 0.717) is 25.7 Å². The van der Waals surface area contributed by atoms with Crippen molar-refractivity contribution in [3.63, 3.8) is 0 Å². The molecule has 1 saturated heterocycles. The highest BCUT2D eigenvalue weighted by atomic mass is 127. The highest BCUT2D eigenvalue weighted by Crippen LogP contribution is 2.16. The first-order chi connectivity index (χ1) is 13.5. The number of nitrogens with zero attached hydrogens (tertiary/aromatic N) is 2. The van der Waals surface area contributed by atoms with Crippen LogP contribution >= 0.6 is 24.0 Å². The molecule has 1 atom stereocenters. The lowest BCUT2D eigenvalue weighted by Gasteiger charge is -2.39. The Kier molecular flexibility index (Phi) is 12.7. The first-order valence-corrected chi connectivity index (χ1v) is 10.2. The van der Waals surface area contributed by atoms with Gasteiger partial charge in [0, 0.05) is 31.7 Å². The summed E-state index contributed by atoms with van der Waals surface area (Å²) in [5.41, 5.74) is 1.06. The molecule has 1 aromatic carbocycles. The number of benzene rings is 1. The topological polar surface area (TPSA) is 78.4 Å². The predicted molar refractivity (Wildman–Crippen MR) is 128 cm³/mol. The molecule has 1 unspecified atom stereocenters. The second kappa shape index (κ2) is 14.1. The predicted octanol–water partition coefficient (Wildman–Crippen LogP) is 1.85. The maximum Gasteiger partial charge on any atom is 0.191 e. The Morgan fingerprint density at radius 2 is 1.93 bits per heavy atom. The third-order valence-corrected chi connectivity index (χ3v) is 4.76. The van der Waals surface area contributed by atoms with Gasteiger partial charge in [0.25, 0.3) is 0 Å². The number of ether oxygens (including phenoxy) is 2. The molecule has 7 nitrogen and oxygen atoms in total. The molecule has 1 fully saturated rings. The second-order valence-corrected chi connectivity index (χ2v) is 7.64. The zero-order chi connectivity index (χ0) is 20.2. The summed E-state index contributed by atoms with van der Waals surface area (Å²) in [6.45, 7) is 12.5. The molecule has 8 heteroatoms. The molecular weight excluding hydrogens is 483 g/mol. The van der Waals surface area contributed by atoms with Gasteiger partial charge in [-0.3, -0.25) is 9.89 Å². The Morgan fingerprint density at radius 1 is 1.24 bits per heavy atom. The minimum Gasteiger partial charge on any atom is -0.389 e. The van der Waals surface area contributed by atoms with Crippen molar-refractivity contribution in [1.82, 2.24) is 15.5 Å². The number of rotatable bonds is 10. The van der Waals surface area contributed by atoms with Gasteiger partial charge in [0.2, 0.25) is 0 Å². The van der Waals surface area contributed by atoms with Gasteiger partial charge in [0.05, 0.1) is 39.1 Å². The summed E-state index contributed by atoms with van der Waals surface area (Å²) >= 11 is 0. The molecule has 29 heavy (non-hydrogen) atoms. The summed E-state index contributed by atoms with van der Waals surface area (Å²) < 4.78 is 11.0. The van der Waals surface area contributed by atoms with Crippen molar-refractivity contribution in [2.24, 2.45) is 4.99 Å². The number of aliphatic hydroxyl groups excluding tert-OH is 1. The van der Waals surface area contributed by atoms with Crippen LogP contribution in [0.3, 0.4) is 0 Å². The van der Waals surface area contributed by atoms with Crippen molar-refractivity contribution in [2.75, 3.05) is 52.5 Å². The molecule has 3 N–H and O–H groups in total. The number of morpholine rings is 1. The fourth-order valence-corrected chi connectivity index (χ4v) is 3.04. The highest BCUT2D eigenvalue weighted by molar-refractivity contribution is 14.0. The van der Waals surface area contributed by atoms with E-state index >= 15 is 0 Å². The molecule has 166 valence electrons. The van der Waals surface area contributed by atoms with Crippen LogP contribution in [0.1, 0.15) is 26.3 Å². The quantitative estimate of drug-likeness (QED) is 0.249. The fraction of sp³-hybridized carbons (Fsp3) is 0.667. The van der Waals surface area contributed by atoms with E-state index in [-0.39, 0.29) is 36.1 Å². The van der Waals surface area contributed by atoms with Crippen LogP contribution in [0.25, 0.3) is 0 Å². The molecule has 0 aliphatic carbocycles. The molecule has 2 rings (SSSR count). The van der Waals surface area contributed by atoms with Crippen LogP contribution in [0, 0.1) is 0 Å². The molecule has 0 saturated carbocycles. The normalized spacial score (nSPS) is 16.8.